The van der Waals surface area contributed by atoms with Gasteiger partial charge in [-0.3, -0.25) is 0 Å². The van der Waals surface area contributed by atoms with Crippen LogP contribution in [-0.4, -0.2) is 23.1 Å². The molecule has 0 radical (unpaired) electrons. The van der Waals surface area contributed by atoms with E-state index >= 15 is 0 Å². The molecule has 0 aliphatic carbocycles. The van der Waals surface area contributed by atoms with Crippen molar-refractivity contribution in [3.8, 4) is 0 Å². The van der Waals surface area contributed by atoms with E-state index in [-0.39, 0.29) is 17.5 Å². The monoisotopic (exact) mass is 387 g/mol. The van der Waals surface area contributed by atoms with Gasteiger partial charge in [0.2, 0.25) is 5.95 Å². The molecule has 8 heteroatoms. The number of nitrogens with one attached hydrogen (secondary N) is 2. The Labute approximate surface area is 161 Å². The molecular weight excluding hydrogens is 367 g/mol. The SMILES string of the molecule is CCN(CC)c1ccc(Nc2nccc(Nc3ccc(F)c(F)c3F)n2)cc1. The molecule has 2 N–H and O–H groups in total. The van der Waals surface area contributed by atoms with E-state index in [4.69, 9.17) is 0 Å². The summed E-state index contributed by atoms with van der Waals surface area (Å²) in [5.41, 5.74) is 1.68. The average Bonchev–Trinajstić information content (AvgIpc) is 2.71. The van der Waals surface area contributed by atoms with E-state index < -0.39 is 17.5 Å². The Kier molecular flexibility index (Phi) is 5.98. The van der Waals surface area contributed by atoms with Crippen LogP contribution in [0.1, 0.15) is 13.8 Å². The molecule has 0 aliphatic rings. The predicted molar refractivity (Wildman–Crippen MR) is 105 cm³/mol. The van der Waals surface area contributed by atoms with E-state index in [0.717, 1.165) is 36.6 Å². The predicted octanol–water partition coefficient (Wildman–Crippen LogP) is 5.23. The van der Waals surface area contributed by atoms with Gasteiger partial charge in [0.15, 0.2) is 17.5 Å². The van der Waals surface area contributed by atoms with Gasteiger partial charge in [-0.25, -0.2) is 18.2 Å². The first-order valence-electron chi connectivity index (χ1n) is 8.87. The molecule has 0 spiro atoms. The molecular formula is C20H20F3N5. The lowest BCUT2D eigenvalue weighted by atomic mass is 10.2. The van der Waals surface area contributed by atoms with Crippen LogP contribution in [0.4, 0.5) is 42.0 Å². The number of anilines is 5. The fraction of sp³-hybridized carbons (Fsp3) is 0.200. The minimum atomic E-state index is -1.54. The van der Waals surface area contributed by atoms with Crippen molar-refractivity contribution in [2.45, 2.75) is 13.8 Å². The van der Waals surface area contributed by atoms with Crippen molar-refractivity contribution < 1.29 is 13.2 Å². The quantitative estimate of drug-likeness (QED) is 0.544. The van der Waals surface area contributed by atoms with Crippen molar-refractivity contribution in [1.29, 1.82) is 0 Å². The van der Waals surface area contributed by atoms with Crippen LogP contribution in [0, 0.1) is 17.5 Å². The number of benzene rings is 2. The Morgan fingerprint density at radius 1 is 0.857 bits per heavy atom. The van der Waals surface area contributed by atoms with E-state index in [1.807, 2.05) is 24.3 Å². The van der Waals surface area contributed by atoms with E-state index in [2.05, 4.69) is 39.3 Å². The van der Waals surface area contributed by atoms with Gasteiger partial charge in [0.05, 0.1) is 5.69 Å². The van der Waals surface area contributed by atoms with Crippen LogP contribution in [0.15, 0.2) is 48.7 Å². The minimum Gasteiger partial charge on any atom is -0.372 e. The van der Waals surface area contributed by atoms with Crippen LogP contribution < -0.4 is 15.5 Å². The second-order valence-corrected chi connectivity index (χ2v) is 5.96. The number of halogens is 3. The average molecular weight is 387 g/mol. The van der Waals surface area contributed by atoms with Crippen molar-refractivity contribution in [2.24, 2.45) is 0 Å². The fourth-order valence-corrected chi connectivity index (χ4v) is 2.72. The summed E-state index contributed by atoms with van der Waals surface area (Å²) < 4.78 is 40.2. The number of rotatable bonds is 7. The molecule has 2 aromatic carbocycles. The maximum Gasteiger partial charge on any atom is 0.229 e. The third-order valence-electron chi connectivity index (χ3n) is 4.21. The zero-order chi connectivity index (χ0) is 20.1. The maximum atomic E-state index is 13.8. The molecule has 0 unspecified atom stereocenters. The molecule has 0 fully saturated rings. The van der Waals surface area contributed by atoms with Crippen molar-refractivity contribution in [3.05, 3.63) is 66.1 Å². The van der Waals surface area contributed by atoms with Gasteiger partial charge in [-0.15, -0.1) is 0 Å². The zero-order valence-corrected chi connectivity index (χ0v) is 15.5. The summed E-state index contributed by atoms with van der Waals surface area (Å²) in [6.45, 7) is 6.02. The van der Waals surface area contributed by atoms with Crippen molar-refractivity contribution in [2.75, 3.05) is 28.6 Å². The second-order valence-electron chi connectivity index (χ2n) is 5.96. The fourth-order valence-electron chi connectivity index (χ4n) is 2.72. The Morgan fingerprint density at radius 3 is 2.25 bits per heavy atom. The third-order valence-corrected chi connectivity index (χ3v) is 4.21. The highest BCUT2D eigenvalue weighted by molar-refractivity contribution is 5.62. The Bertz CT molecular complexity index is 943. The van der Waals surface area contributed by atoms with E-state index in [1.165, 1.54) is 12.3 Å². The molecule has 1 aromatic heterocycles. The van der Waals surface area contributed by atoms with Gasteiger partial charge in [-0.2, -0.15) is 4.98 Å². The van der Waals surface area contributed by atoms with Crippen LogP contribution in [0.2, 0.25) is 0 Å². The molecule has 1 heterocycles. The van der Waals surface area contributed by atoms with E-state index in [1.54, 1.807) is 0 Å². The first-order chi connectivity index (χ1) is 13.5. The molecule has 146 valence electrons. The van der Waals surface area contributed by atoms with Crippen molar-refractivity contribution >= 4 is 28.8 Å². The molecule has 3 aromatic rings. The first kappa shape index (κ1) is 19.5. The molecule has 28 heavy (non-hydrogen) atoms. The summed E-state index contributed by atoms with van der Waals surface area (Å²) in [5.74, 6) is -3.57. The standard InChI is InChI=1S/C20H20F3N5/c1-3-28(4-2)14-7-5-13(6-8-14)25-20-24-12-11-17(27-20)26-16-10-9-15(21)18(22)19(16)23/h5-12H,3-4H2,1-2H3,(H2,24,25,26,27). The topological polar surface area (TPSA) is 53.1 Å². The van der Waals surface area contributed by atoms with Gasteiger partial charge in [-0.1, -0.05) is 0 Å². The second kappa shape index (κ2) is 8.60. The van der Waals surface area contributed by atoms with Gasteiger partial charge in [0.25, 0.3) is 0 Å². The number of hydrogen-bond donors (Lipinski definition) is 2. The van der Waals surface area contributed by atoms with E-state index in [0.29, 0.717) is 0 Å². The highest BCUT2D eigenvalue weighted by Gasteiger charge is 2.14. The van der Waals surface area contributed by atoms with Gasteiger partial charge >= 0.3 is 0 Å². The Hall–Kier alpha value is -3.29. The lowest BCUT2D eigenvalue weighted by Gasteiger charge is -2.21. The van der Waals surface area contributed by atoms with Crippen LogP contribution in [0.25, 0.3) is 0 Å². The highest BCUT2D eigenvalue weighted by atomic mass is 19.2. The molecule has 0 aliphatic heterocycles. The molecule has 0 atom stereocenters. The zero-order valence-electron chi connectivity index (χ0n) is 15.5. The van der Waals surface area contributed by atoms with Crippen molar-refractivity contribution in [3.63, 3.8) is 0 Å². The maximum absolute atomic E-state index is 13.8. The molecule has 0 bridgehead atoms. The largest absolute Gasteiger partial charge is 0.372 e. The number of nitrogens with zero attached hydrogens (tertiary/aromatic N) is 3. The smallest absolute Gasteiger partial charge is 0.229 e. The van der Waals surface area contributed by atoms with Crippen LogP contribution >= 0.6 is 0 Å². The lowest BCUT2D eigenvalue weighted by molar-refractivity contribution is 0.449. The van der Waals surface area contributed by atoms with Gasteiger partial charge in [0.1, 0.15) is 5.82 Å². The first-order valence-corrected chi connectivity index (χ1v) is 8.87. The van der Waals surface area contributed by atoms with Crippen LogP contribution in [0.3, 0.4) is 0 Å². The van der Waals surface area contributed by atoms with Gasteiger partial charge in [-0.05, 0) is 56.3 Å². The third kappa shape index (κ3) is 4.33. The van der Waals surface area contributed by atoms with E-state index in [9.17, 15) is 13.2 Å². The summed E-state index contributed by atoms with van der Waals surface area (Å²) in [4.78, 5) is 10.6. The summed E-state index contributed by atoms with van der Waals surface area (Å²) in [5, 5.41) is 5.69. The molecule has 0 saturated heterocycles. The Balaban J connectivity index is 1.74. The molecule has 0 amide bonds. The summed E-state index contributed by atoms with van der Waals surface area (Å²) in [7, 11) is 0. The van der Waals surface area contributed by atoms with Gasteiger partial charge in [0, 0.05) is 30.7 Å². The lowest BCUT2D eigenvalue weighted by Crippen LogP contribution is -2.21. The summed E-state index contributed by atoms with van der Waals surface area (Å²) >= 11 is 0. The summed E-state index contributed by atoms with van der Waals surface area (Å²) in [6.07, 6.45) is 1.47. The molecule has 0 saturated carbocycles. The van der Waals surface area contributed by atoms with Crippen LogP contribution in [-0.2, 0) is 0 Å². The van der Waals surface area contributed by atoms with Crippen molar-refractivity contribution in [1.82, 2.24) is 9.97 Å². The van der Waals surface area contributed by atoms with Crippen LogP contribution in [0.5, 0.6) is 0 Å². The minimum absolute atomic E-state index is 0.216. The highest BCUT2D eigenvalue weighted by Crippen LogP contribution is 2.24. The summed E-state index contributed by atoms with van der Waals surface area (Å²) in [6, 6.07) is 11.3. The number of aromatic nitrogens is 2. The normalized spacial score (nSPS) is 10.6. The Morgan fingerprint density at radius 2 is 1.57 bits per heavy atom. The molecule has 3 rings (SSSR count). The van der Waals surface area contributed by atoms with Gasteiger partial charge < -0.3 is 15.5 Å². The number of hydrogen-bond acceptors (Lipinski definition) is 5. The molecule has 5 nitrogen and oxygen atoms in total.